The van der Waals surface area contributed by atoms with Crippen LogP contribution in [0.2, 0.25) is 19.6 Å². The lowest BCUT2D eigenvalue weighted by atomic mass is 10.2. The van der Waals surface area contributed by atoms with Crippen molar-refractivity contribution in [1.82, 2.24) is 4.98 Å². The molecular weight excluding hydrogens is 204 g/mol. The van der Waals surface area contributed by atoms with E-state index in [0.717, 1.165) is 11.3 Å². The van der Waals surface area contributed by atoms with Gasteiger partial charge in [0.1, 0.15) is 0 Å². The predicted molar refractivity (Wildman–Crippen MR) is 61.8 cm³/mol. The van der Waals surface area contributed by atoms with Gasteiger partial charge in [-0.1, -0.05) is 6.07 Å². The van der Waals surface area contributed by atoms with Gasteiger partial charge in [0.05, 0.1) is 6.07 Å². The Balaban J connectivity index is 2.85. The van der Waals surface area contributed by atoms with Crippen LogP contribution in [0.5, 0.6) is 0 Å². The highest BCUT2D eigenvalue weighted by Gasteiger charge is 2.22. The third kappa shape index (κ3) is 3.82. The lowest BCUT2D eigenvalue weighted by molar-refractivity contribution is 0.254. The van der Waals surface area contributed by atoms with Crippen LogP contribution in [0.3, 0.4) is 0 Å². The van der Waals surface area contributed by atoms with Gasteiger partial charge in [-0.15, -0.1) is 0 Å². The molecule has 3 nitrogen and oxygen atoms in total. The Bertz CT molecular complexity index is 362. The molecule has 0 saturated carbocycles. The van der Waals surface area contributed by atoms with E-state index in [0.29, 0.717) is 0 Å². The molecule has 1 atom stereocenters. The van der Waals surface area contributed by atoms with Crippen LogP contribution in [0.1, 0.15) is 17.4 Å². The molecule has 0 aliphatic carbocycles. The molecule has 0 aliphatic rings. The van der Waals surface area contributed by atoms with Gasteiger partial charge in [0.15, 0.2) is 14.4 Å². The van der Waals surface area contributed by atoms with Crippen molar-refractivity contribution < 1.29 is 4.43 Å². The number of hydrogen-bond acceptors (Lipinski definition) is 3. The minimum Gasteiger partial charge on any atom is -0.399 e. The molecule has 0 N–H and O–H groups in total. The maximum atomic E-state index is 9.03. The summed E-state index contributed by atoms with van der Waals surface area (Å²) < 4.78 is 5.75. The molecule has 0 amide bonds. The smallest absolute Gasteiger partial charge is 0.186 e. The van der Waals surface area contributed by atoms with Crippen molar-refractivity contribution in [3.05, 3.63) is 29.6 Å². The van der Waals surface area contributed by atoms with Gasteiger partial charge in [0.2, 0.25) is 0 Å². The van der Waals surface area contributed by atoms with Gasteiger partial charge in [0, 0.05) is 17.5 Å². The first-order valence-electron chi connectivity index (χ1n) is 4.92. The molecule has 0 aromatic carbocycles. The Morgan fingerprint density at radius 3 is 2.47 bits per heavy atom. The molecule has 4 heteroatoms. The molecule has 15 heavy (non-hydrogen) atoms. The van der Waals surface area contributed by atoms with Gasteiger partial charge >= 0.3 is 0 Å². The van der Waals surface area contributed by atoms with E-state index >= 15 is 0 Å². The summed E-state index contributed by atoms with van der Waals surface area (Å²) >= 11 is 0. The van der Waals surface area contributed by atoms with Crippen molar-refractivity contribution in [3.63, 3.8) is 0 Å². The molecular formula is C11H16N2OSi. The third-order valence-electron chi connectivity index (χ3n) is 1.83. The van der Waals surface area contributed by atoms with Crippen LogP contribution in [0.25, 0.3) is 0 Å². The number of aryl methyl sites for hydroxylation is 1. The minimum atomic E-state index is -1.69. The van der Waals surface area contributed by atoms with E-state index in [-0.39, 0.29) is 0 Å². The van der Waals surface area contributed by atoms with E-state index in [1.807, 2.05) is 19.1 Å². The Kier molecular flexibility index (Phi) is 3.61. The normalized spacial score (nSPS) is 13.3. The molecule has 1 unspecified atom stereocenters. The zero-order valence-electron chi connectivity index (χ0n) is 9.61. The molecule has 0 saturated heterocycles. The van der Waals surface area contributed by atoms with E-state index in [9.17, 15) is 0 Å². The maximum Gasteiger partial charge on any atom is 0.186 e. The Morgan fingerprint density at radius 2 is 2.07 bits per heavy atom. The third-order valence-corrected chi connectivity index (χ3v) is 2.77. The summed E-state index contributed by atoms with van der Waals surface area (Å²) in [6.07, 6.45) is 1.23. The van der Waals surface area contributed by atoms with Crippen LogP contribution >= 0.6 is 0 Å². The average Bonchev–Trinajstić information content (AvgIpc) is 2.14. The fourth-order valence-corrected chi connectivity index (χ4v) is 2.05. The summed E-state index contributed by atoms with van der Waals surface area (Å²) in [5, 5.41) is 9.03. The molecule has 0 fully saturated rings. The SMILES string of the molecule is Cc1ccc(C(C#N)O[Si](C)(C)C)cn1. The van der Waals surface area contributed by atoms with E-state index in [2.05, 4.69) is 30.7 Å². The number of nitriles is 1. The van der Waals surface area contributed by atoms with E-state index in [4.69, 9.17) is 9.69 Å². The highest BCUT2D eigenvalue weighted by atomic mass is 28.4. The number of hydrogen-bond donors (Lipinski definition) is 0. The van der Waals surface area contributed by atoms with Crippen LogP contribution in [-0.4, -0.2) is 13.3 Å². The van der Waals surface area contributed by atoms with Crippen LogP contribution in [0, 0.1) is 18.3 Å². The van der Waals surface area contributed by atoms with E-state index < -0.39 is 14.4 Å². The van der Waals surface area contributed by atoms with Gasteiger partial charge in [-0.3, -0.25) is 4.98 Å². The molecule has 1 rings (SSSR count). The molecule has 1 aromatic heterocycles. The molecule has 0 spiro atoms. The first-order valence-corrected chi connectivity index (χ1v) is 8.33. The predicted octanol–water partition coefficient (Wildman–Crippen LogP) is 2.81. The number of rotatable bonds is 3. The zero-order valence-corrected chi connectivity index (χ0v) is 10.6. The minimum absolute atomic E-state index is 0.482. The fraction of sp³-hybridized carbons (Fsp3) is 0.455. The Hall–Kier alpha value is -1.18. The summed E-state index contributed by atoms with van der Waals surface area (Å²) in [5.74, 6) is 0. The fourth-order valence-electron chi connectivity index (χ4n) is 1.16. The largest absolute Gasteiger partial charge is 0.399 e. The van der Waals surface area contributed by atoms with Crippen molar-refractivity contribution in [2.24, 2.45) is 0 Å². The van der Waals surface area contributed by atoms with Crippen molar-refractivity contribution in [2.45, 2.75) is 32.7 Å². The van der Waals surface area contributed by atoms with Gasteiger partial charge in [-0.2, -0.15) is 5.26 Å². The zero-order chi connectivity index (χ0) is 11.5. The topological polar surface area (TPSA) is 45.9 Å². The highest BCUT2D eigenvalue weighted by molar-refractivity contribution is 6.69. The Labute approximate surface area is 91.9 Å². The summed E-state index contributed by atoms with van der Waals surface area (Å²) in [6, 6.07) is 5.96. The molecule has 0 radical (unpaired) electrons. The second-order valence-corrected chi connectivity index (χ2v) is 8.93. The first kappa shape index (κ1) is 11.9. The summed E-state index contributed by atoms with van der Waals surface area (Å²) in [5.41, 5.74) is 1.79. The lowest BCUT2D eigenvalue weighted by Crippen LogP contribution is -2.27. The van der Waals surface area contributed by atoms with E-state index in [1.54, 1.807) is 6.20 Å². The van der Waals surface area contributed by atoms with Crippen molar-refractivity contribution >= 4 is 8.32 Å². The number of aromatic nitrogens is 1. The number of pyridine rings is 1. The van der Waals surface area contributed by atoms with Crippen LogP contribution in [0.4, 0.5) is 0 Å². The van der Waals surface area contributed by atoms with Crippen LogP contribution in [-0.2, 0) is 4.43 Å². The second kappa shape index (κ2) is 4.56. The van der Waals surface area contributed by atoms with E-state index in [1.165, 1.54) is 0 Å². The summed E-state index contributed by atoms with van der Waals surface area (Å²) in [7, 11) is -1.69. The number of nitrogens with zero attached hydrogens (tertiary/aromatic N) is 2. The first-order chi connectivity index (χ1) is 6.92. The van der Waals surface area contributed by atoms with Crippen LogP contribution < -0.4 is 0 Å². The van der Waals surface area contributed by atoms with Gasteiger partial charge < -0.3 is 4.43 Å². The maximum absolute atomic E-state index is 9.03. The molecule has 1 aromatic rings. The molecule has 0 aliphatic heterocycles. The van der Waals surface area contributed by atoms with Gasteiger partial charge in [-0.05, 0) is 32.6 Å². The van der Waals surface area contributed by atoms with Crippen molar-refractivity contribution in [3.8, 4) is 6.07 Å². The second-order valence-electron chi connectivity index (χ2n) is 4.47. The standard InChI is InChI=1S/C11H16N2OSi/c1-9-5-6-10(8-13-9)11(7-12)14-15(2,3)4/h5-6,8,11H,1-4H3. The van der Waals surface area contributed by atoms with Gasteiger partial charge in [0.25, 0.3) is 0 Å². The molecule has 0 bridgehead atoms. The molecule has 1 heterocycles. The monoisotopic (exact) mass is 220 g/mol. The average molecular weight is 220 g/mol. The Morgan fingerprint density at radius 1 is 1.40 bits per heavy atom. The summed E-state index contributed by atoms with van der Waals surface area (Å²) in [6.45, 7) is 8.13. The molecule has 80 valence electrons. The summed E-state index contributed by atoms with van der Waals surface area (Å²) in [4.78, 5) is 4.16. The van der Waals surface area contributed by atoms with Crippen molar-refractivity contribution in [2.75, 3.05) is 0 Å². The van der Waals surface area contributed by atoms with Crippen LogP contribution in [0.15, 0.2) is 18.3 Å². The van der Waals surface area contributed by atoms with Gasteiger partial charge in [-0.25, -0.2) is 0 Å². The highest BCUT2D eigenvalue weighted by Crippen LogP contribution is 2.20. The van der Waals surface area contributed by atoms with Crippen molar-refractivity contribution in [1.29, 1.82) is 5.26 Å². The lowest BCUT2D eigenvalue weighted by Gasteiger charge is -2.21. The quantitative estimate of drug-likeness (QED) is 0.736.